The first kappa shape index (κ1) is 17.3. The molecule has 1 unspecified atom stereocenters. The van der Waals surface area contributed by atoms with Gasteiger partial charge in [-0.3, -0.25) is 4.79 Å². The second-order valence-electron chi connectivity index (χ2n) is 5.52. The number of hydrogen-bond acceptors (Lipinski definition) is 1. The van der Waals surface area contributed by atoms with E-state index in [1.165, 1.54) is 48.7 Å². The van der Waals surface area contributed by atoms with Crippen LogP contribution in [0.5, 0.6) is 0 Å². The third kappa shape index (κ3) is 6.48. The van der Waals surface area contributed by atoms with Crippen molar-refractivity contribution in [2.45, 2.75) is 52.9 Å². The molecule has 2 aromatic rings. The van der Waals surface area contributed by atoms with E-state index in [1.807, 2.05) is 0 Å². The molecule has 3 nitrogen and oxygen atoms in total. The Kier molecular flexibility index (Phi) is 7.59. The van der Waals surface area contributed by atoms with Crippen molar-refractivity contribution in [3.8, 4) is 0 Å². The molecule has 2 rings (SSSR count). The Morgan fingerprint density at radius 3 is 2.52 bits per heavy atom. The summed E-state index contributed by atoms with van der Waals surface area (Å²) >= 11 is 0. The molecule has 0 radical (unpaired) electrons. The summed E-state index contributed by atoms with van der Waals surface area (Å²) in [6.45, 7) is 5.67. The highest BCUT2D eigenvalue weighted by Crippen LogP contribution is 2.21. The Morgan fingerprint density at radius 2 is 1.95 bits per heavy atom. The summed E-state index contributed by atoms with van der Waals surface area (Å²) < 4.78 is 0. The quantitative estimate of drug-likeness (QED) is 0.784. The smallest absolute Gasteiger partial charge is 0.300 e. The number of unbranched alkanes of at least 4 members (excludes halogenated alkanes) is 1. The van der Waals surface area contributed by atoms with Crippen LogP contribution in [0.15, 0.2) is 30.3 Å². The molecule has 0 fully saturated rings. The van der Waals surface area contributed by atoms with Crippen molar-refractivity contribution in [3.05, 3.63) is 36.0 Å². The molecular weight excluding hydrogens is 262 g/mol. The van der Waals surface area contributed by atoms with Gasteiger partial charge in [0.05, 0.1) is 0 Å². The number of aliphatic carboxylic acids is 1. The van der Waals surface area contributed by atoms with Crippen LogP contribution in [0.4, 0.5) is 0 Å². The number of nitrogens with one attached hydrogen (secondary N) is 1. The molecule has 21 heavy (non-hydrogen) atoms. The first-order valence-electron chi connectivity index (χ1n) is 7.82. The zero-order valence-electron chi connectivity index (χ0n) is 13.4. The van der Waals surface area contributed by atoms with Gasteiger partial charge in [-0.2, -0.15) is 0 Å². The maximum atomic E-state index is 9.00. The lowest BCUT2D eigenvalue weighted by Gasteiger charge is -2.12. The van der Waals surface area contributed by atoms with Crippen LogP contribution in [-0.2, 0) is 11.2 Å². The van der Waals surface area contributed by atoms with E-state index in [0.29, 0.717) is 0 Å². The number of carboxylic acid groups (broad SMARTS) is 1. The molecule has 1 aromatic carbocycles. The van der Waals surface area contributed by atoms with Crippen molar-refractivity contribution >= 4 is 16.9 Å². The van der Waals surface area contributed by atoms with Gasteiger partial charge < -0.3 is 10.1 Å². The van der Waals surface area contributed by atoms with Crippen molar-refractivity contribution < 1.29 is 9.90 Å². The van der Waals surface area contributed by atoms with E-state index in [1.54, 1.807) is 0 Å². The van der Waals surface area contributed by atoms with Crippen LogP contribution >= 0.6 is 0 Å². The summed E-state index contributed by atoms with van der Waals surface area (Å²) in [4.78, 5) is 12.5. The molecule has 1 aromatic heterocycles. The first-order valence-corrected chi connectivity index (χ1v) is 7.82. The van der Waals surface area contributed by atoms with E-state index < -0.39 is 5.97 Å². The van der Waals surface area contributed by atoms with Crippen LogP contribution in [0.25, 0.3) is 10.9 Å². The lowest BCUT2D eigenvalue weighted by atomic mass is 9.94. The van der Waals surface area contributed by atoms with Gasteiger partial charge in [0.25, 0.3) is 5.97 Å². The number of benzene rings is 1. The number of carboxylic acids is 1. The van der Waals surface area contributed by atoms with Gasteiger partial charge in [0.1, 0.15) is 0 Å². The minimum Gasteiger partial charge on any atom is -0.481 e. The summed E-state index contributed by atoms with van der Waals surface area (Å²) in [5.41, 5.74) is 2.67. The summed E-state index contributed by atoms with van der Waals surface area (Å²) in [5, 5.41) is 8.76. The number of aromatic nitrogens is 1. The van der Waals surface area contributed by atoms with Crippen molar-refractivity contribution in [2.75, 3.05) is 0 Å². The summed E-state index contributed by atoms with van der Waals surface area (Å²) in [6, 6.07) is 10.9. The molecule has 0 spiro atoms. The molecule has 0 bridgehead atoms. The topological polar surface area (TPSA) is 53.1 Å². The van der Waals surface area contributed by atoms with E-state index >= 15 is 0 Å². The fraction of sp³-hybridized carbons (Fsp3) is 0.500. The highest BCUT2D eigenvalue weighted by molar-refractivity contribution is 5.80. The molecule has 2 N–H and O–H groups in total. The zero-order valence-corrected chi connectivity index (χ0v) is 13.4. The average Bonchev–Trinajstić information content (AvgIpc) is 2.85. The largest absolute Gasteiger partial charge is 0.481 e. The zero-order chi connectivity index (χ0) is 15.7. The predicted molar refractivity (Wildman–Crippen MR) is 88.6 cm³/mol. The van der Waals surface area contributed by atoms with Gasteiger partial charge in [-0.15, -0.1) is 0 Å². The number of fused-ring (bicyclic) bond motifs is 1. The Morgan fingerprint density at radius 1 is 1.29 bits per heavy atom. The van der Waals surface area contributed by atoms with E-state index in [0.717, 1.165) is 12.8 Å². The van der Waals surface area contributed by atoms with Gasteiger partial charge in [0.2, 0.25) is 0 Å². The van der Waals surface area contributed by atoms with Crippen LogP contribution < -0.4 is 0 Å². The predicted octanol–water partition coefficient (Wildman–Crippen LogP) is 5.02. The van der Waals surface area contributed by atoms with Crippen molar-refractivity contribution in [2.24, 2.45) is 5.92 Å². The number of aromatic amines is 1. The van der Waals surface area contributed by atoms with Crippen molar-refractivity contribution in [3.63, 3.8) is 0 Å². The normalized spacial score (nSPS) is 11.8. The van der Waals surface area contributed by atoms with Crippen molar-refractivity contribution in [1.82, 2.24) is 4.98 Å². The molecule has 0 amide bonds. The van der Waals surface area contributed by atoms with Crippen molar-refractivity contribution in [1.29, 1.82) is 0 Å². The molecule has 3 heteroatoms. The van der Waals surface area contributed by atoms with Gasteiger partial charge >= 0.3 is 0 Å². The third-order valence-electron chi connectivity index (χ3n) is 3.64. The van der Waals surface area contributed by atoms with E-state index in [2.05, 4.69) is 49.2 Å². The Labute approximate surface area is 127 Å². The molecule has 0 saturated heterocycles. The average molecular weight is 289 g/mol. The minimum atomic E-state index is -0.833. The van der Waals surface area contributed by atoms with Gasteiger partial charge in [0.15, 0.2) is 0 Å². The fourth-order valence-electron chi connectivity index (χ4n) is 2.50. The molecule has 116 valence electrons. The van der Waals surface area contributed by atoms with Crippen LogP contribution in [0.2, 0.25) is 0 Å². The Balaban J connectivity index is 0.000000491. The maximum absolute atomic E-state index is 9.00. The molecule has 0 saturated carbocycles. The minimum absolute atomic E-state index is 0.833. The van der Waals surface area contributed by atoms with E-state index in [9.17, 15) is 0 Å². The summed E-state index contributed by atoms with van der Waals surface area (Å²) in [7, 11) is 0. The lowest BCUT2D eigenvalue weighted by Crippen LogP contribution is -2.03. The molecule has 0 aliphatic heterocycles. The lowest BCUT2D eigenvalue weighted by molar-refractivity contribution is -0.134. The SMILES string of the molecule is CC(=O)O.CCCCC(CC)Cc1cc2ccccc2[nH]1. The van der Waals surface area contributed by atoms with E-state index in [-0.39, 0.29) is 0 Å². The van der Waals surface area contributed by atoms with Crippen LogP contribution in [0.3, 0.4) is 0 Å². The van der Waals surface area contributed by atoms with Gasteiger partial charge in [0, 0.05) is 18.1 Å². The molecule has 1 heterocycles. The number of hydrogen-bond donors (Lipinski definition) is 2. The molecular formula is C18H27NO2. The Bertz CT molecular complexity index is 508. The highest BCUT2D eigenvalue weighted by atomic mass is 16.4. The summed E-state index contributed by atoms with van der Waals surface area (Å²) in [5.74, 6) is 0.00279. The second-order valence-corrected chi connectivity index (χ2v) is 5.52. The monoisotopic (exact) mass is 289 g/mol. The van der Waals surface area contributed by atoms with Gasteiger partial charge in [-0.05, 0) is 29.9 Å². The third-order valence-corrected chi connectivity index (χ3v) is 3.64. The van der Waals surface area contributed by atoms with Gasteiger partial charge in [-0.25, -0.2) is 0 Å². The van der Waals surface area contributed by atoms with Crippen LogP contribution in [-0.4, -0.2) is 16.1 Å². The summed E-state index contributed by atoms with van der Waals surface area (Å²) in [6.07, 6.45) is 6.52. The maximum Gasteiger partial charge on any atom is 0.300 e. The highest BCUT2D eigenvalue weighted by Gasteiger charge is 2.08. The van der Waals surface area contributed by atoms with Crippen LogP contribution in [0, 0.1) is 5.92 Å². The van der Waals surface area contributed by atoms with E-state index in [4.69, 9.17) is 9.90 Å². The standard InChI is InChI=1S/C16H23N.C2H4O2/c1-3-5-8-13(4-2)11-15-12-14-9-6-7-10-16(14)17-15;1-2(3)4/h6-7,9-10,12-13,17H,3-5,8,11H2,1-2H3;1H3,(H,3,4). The number of H-pyrrole nitrogens is 1. The molecule has 1 atom stereocenters. The Hall–Kier alpha value is -1.77. The number of rotatable bonds is 6. The van der Waals surface area contributed by atoms with Gasteiger partial charge in [-0.1, -0.05) is 57.7 Å². The first-order chi connectivity index (χ1) is 10.1. The second kappa shape index (κ2) is 9.22. The number of para-hydroxylation sites is 1. The number of carbonyl (C=O) groups is 1. The molecule has 0 aliphatic carbocycles. The fourth-order valence-corrected chi connectivity index (χ4v) is 2.50. The molecule has 0 aliphatic rings. The van der Waals surface area contributed by atoms with Crippen LogP contribution in [0.1, 0.15) is 52.1 Å².